The molecule has 0 aliphatic carbocycles. The van der Waals surface area contributed by atoms with Gasteiger partial charge >= 0.3 is 0 Å². The number of hydrogen-bond acceptors (Lipinski definition) is 4. The van der Waals surface area contributed by atoms with Crippen LogP contribution in [0.2, 0.25) is 10.0 Å². The molecule has 0 unspecified atom stereocenters. The maximum absolute atomic E-state index is 13.5. The number of carbonyl (C=O) groups is 2. The first kappa shape index (κ1) is 26.2. The molecule has 2 aromatic rings. The lowest BCUT2D eigenvalue weighted by Crippen LogP contribution is -2.50. The van der Waals surface area contributed by atoms with Gasteiger partial charge in [-0.1, -0.05) is 49.2 Å². The number of nitrogens with one attached hydrogen (secondary N) is 1. The fourth-order valence-corrected chi connectivity index (χ4v) is 4.15. The number of halogens is 2. The molecule has 0 radical (unpaired) electrons. The monoisotopic (exact) mass is 506 g/mol. The van der Waals surface area contributed by atoms with Crippen molar-refractivity contribution in [3.05, 3.63) is 57.6 Å². The summed E-state index contributed by atoms with van der Waals surface area (Å²) < 4.78 is 11.2. The molecule has 0 aromatic heterocycles. The Balaban J connectivity index is 1.78. The van der Waals surface area contributed by atoms with Gasteiger partial charge in [0.25, 0.3) is 0 Å². The Kier molecular flexibility index (Phi) is 9.48. The van der Waals surface area contributed by atoms with Crippen LogP contribution in [0.25, 0.3) is 0 Å². The summed E-state index contributed by atoms with van der Waals surface area (Å²) in [4.78, 5) is 28.2. The summed E-state index contributed by atoms with van der Waals surface area (Å²) in [6.45, 7) is 7.19. The standard InChI is InChI=1S/C26H32Cl2N2O4/c1-4-17(3)29-26(32)22(5-2)30(16-19-6-9-20(27)21(28)14-19)25(31)11-8-18-7-10-23-24(15-18)34-13-12-33-23/h6-7,9-10,14-15,17,22H,4-5,8,11-13,16H2,1-3H3,(H,29,32)/t17-,22-/m1/s1. The van der Waals surface area contributed by atoms with E-state index in [-0.39, 0.29) is 30.8 Å². The second kappa shape index (κ2) is 12.3. The van der Waals surface area contributed by atoms with E-state index in [0.29, 0.717) is 41.9 Å². The Bertz CT molecular complexity index is 1010. The van der Waals surface area contributed by atoms with Crippen LogP contribution in [0.3, 0.4) is 0 Å². The average Bonchev–Trinajstić information content (AvgIpc) is 2.84. The Labute approximate surface area is 211 Å². The molecule has 2 aromatic carbocycles. The van der Waals surface area contributed by atoms with Crippen molar-refractivity contribution in [3.8, 4) is 11.5 Å². The molecule has 1 aliphatic rings. The highest BCUT2D eigenvalue weighted by Gasteiger charge is 2.29. The van der Waals surface area contributed by atoms with Crippen LogP contribution in [-0.4, -0.2) is 42.0 Å². The third-order valence-corrected chi connectivity index (χ3v) is 6.70. The van der Waals surface area contributed by atoms with Crippen molar-refractivity contribution in [3.63, 3.8) is 0 Å². The number of ether oxygens (including phenoxy) is 2. The SMILES string of the molecule is CC[C@@H](C)NC(=O)[C@@H](CC)N(Cc1ccc(Cl)c(Cl)c1)C(=O)CCc1ccc2c(c1)OCCO2. The van der Waals surface area contributed by atoms with Gasteiger partial charge in [-0.15, -0.1) is 0 Å². The van der Waals surface area contributed by atoms with Crippen LogP contribution in [0, 0.1) is 0 Å². The number of hydrogen-bond donors (Lipinski definition) is 1. The molecule has 0 bridgehead atoms. The number of benzene rings is 2. The van der Waals surface area contributed by atoms with E-state index < -0.39 is 6.04 Å². The highest BCUT2D eigenvalue weighted by molar-refractivity contribution is 6.42. The van der Waals surface area contributed by atoms with Crippen LogP contribution in [0.1, 0.15) is 51.2 Å². The summed E-state index contributed by atoms with van der Waals surface area (Å²) in [5.74, 6) is 1.16. The van der Waals surface area contributed by atoms with E-state index in [1.165, 1.54) is 0 Å². The van der Waals surface area contributed by atoms with Gasteiger partial charge in [-0.3, -0.25) is 9.59 Å². The van der Waals surface area contributed by atoms with Crippen LogP contribution >= 0.6 is 23.2 Å². The van der Waals surface area contributed by atoms with Gasteiger partial charge in [-0.05, 0) is 61.6 Å². The molecular weight excluding hydrogens is 475 g/mol. The van der Waals surface area contributed by atoms with Crippen molar-refractivity contribution in [1.82, 2.24) is 10.2 Å². The maximum atomic E-state index is 13.5. The van der Waals surface area contributed by atoms with E-state index in [1.54, 1.807) is 17.0 Å². The second-order valence-electron chi connectivity index (χ2n) is 8.49. The predicted molar refractivity (Wildman–Crippen MR) is 135 cm³/mol. The van der Waals surface area contributed by atoms with Gasteiger partial charge in [0.15, 0.2) is 11.5 Å². The van der Waals surface area contributed by atoms with Crippen LogP contribution in [0.15, 0.2) is 36.4 Å². The average molecular weight is 507 g/mol. The van der Waals surface area contributed by atoms with Gasteiger partial charge in [0.2, 0.25) is 11.8 Å². The van der Waals surface area contributed by atoms with Crippen LogP contribution in [-0.2, 0) is 22.6 Å². The molecule has 3 rings (SSSR count). The molecule has 8 heteroatoms. The Hall–Kier alpha value is -2.44. The minimum atomic E-state index is -0.587. The fraction of sp³-hybridized carbons (Fsp3) is 0.462. The molecule has 184 valence electrons. The van der Waals surface area contributed by atoms with Gasteiger partial charge in [0.05, 0.1) is 10.0 Å². The van der Waals surface area contributed by atoms with Crippen molar-refractivity contribution < 1.29 is 19.1 Å². The Morgan fingerprint density at radius 1 is 0.971 bits per heavy atom. The normalized spacial score (nSPS) is 14.3. The molecule has 1 heterocycles. The van der Waals surface area contributed by atoms with Gasteiger partial charge < -0.3 is 19.7 Å². The van der Waals surface area contributed by atoms with Crippen molar-refractivity contribution in [2.75, 3.05) is 13.2 Å². The number of amides is 2. The van der Waals surface area contributed by atoms with Crippen molar-refractivity contribution in [2.45, 2.75) is 65.1 Å². The molecule has 0 saturated carbocycles. The van der Waals surface area contributed by atoms with Gasteiger partial charge in [0.1, 0.15) is 19.3 Å². The molecule has 6 nitrogen and oxygen atoms in total. The number of carbonyl (C=O) groups excluding carboxylic acids is 2. The van der Waals surface area contributed by atoms with E-state index in [4.69, 9.17) is 32.7 Å². The van der Waals surface area contributed by atoms with Crippen molar-refractivity contribution in [1.29, 1.82) is 0 Å². The highest BCUT2D eigenvalue weighted by atomic mass is 35.5. The van der Waals surface area contributed by atoms with E-state index in [1.807, 2.05) is 45.0 Å². The molecular formula is C26H32Cl2N2O4. The summed E-state index contributed by atoms with van der Waals surface area (Å²) in [7, 11) is 0. The lowest BCUT2D eigenvalue weighted by molar-refractivity contribution is -0.141. The quantitative estimate of drug-likeness (QED) is 0.467. The fourth-order valence-electron chi connectivity index (χ4n) is 3.83. The number of aryl methyl sites for hydroxylation is 1. The summed E-state index contributed by atoms with van der Waals surface area (Å²) in [5.41, 5.74) is 1.79. The molecule has 0 fully saturated rings. The topological polar surface area (TPSA) is 67.9 Å². The molecule has 1 aliphatic heterocycles. The van der Waals surface area contributed by atoms with Gasteiger partial charge in [-0.25, -0.2) is 0 Å². The summed E-state index contributed by atoms with van der Waals surface area (Å²) in [5, 5.41) is 3.88. The van der Waals surface area contributed by atoms with E-state index in [2.05, 4.69) is 5.32 Å². The van der Waals surface area contributed by atoms with E-state index in [0.717, 1.165) is 23.3 Å². The largest absolute Gasteiger partial charge is 0.486 e. The highest BCUT2D eigenvalue weighted by Crippen LogP contribution is 2.31. The van der Waals surface area contributed by atoms with Crippen LogP contribution in [0.5, 0.6) is 11.5 Å². The Morgan fingerprint density at radius 3 is 2.35 bits per heavy atom. The molecule has 34 heavy (non-hydrogen) atoms. The zero-order valence-corrected chi connectivity index (χ0v) is 21.4. The summed E-state index contributed by atoms with van der Waals surface area (Å²) >= 11 is 12.3. The predicted octanol–water partition coefficient (Wildman–Crippen LogP) is 5.42. The number of nitrogens with zero attached hydrogens (tertiary/aromatic N) is 1. The first-order valence-electron chi connectivity index (χ1n) is 11.7. The van der Waals surface area contributed by atoms with Crippen LogP contribution < -0.4 is 14.8 Å². The maximum Gasteiger partial charge on any atom is 0.243 e. The van der Waals surface area contributed by atoms with E-state index >= 15 is 0 Å². The van der Waals surface area contributed by atoms with Crippen molar-refractivity contribution in [2.24, 2.45) is 0 Å². The van der Waals surface area contributed by atoms with Crippen molar-refractivity contribution >= 4 is 35.0 Å². The Morgan fingerprint density at radius 2 is 1.68 bits per heavy atom. The first-order valence-corrected chi connectivity index (χ1v) is 12.5. The zero-order chi connectivity index (χ0) is 24.7. The molecule has 0 spiro atoms. The third-order valence-electron chi connectivity index (χ3n) is 5.96. The van der Waals surface area contributed by atoms with E-state index in [9.17, 15) is 9.59 Å². The third kappa shape index (κ3) is 6.80. The molecule has 2 atom stereocenters. The number of fused-ring (bicyclic) bond motifs is 1. The van der Waals surface area contributed by atoms with Gasteiger partial charge in [-0.2, -0.15) is 0 Å². The lowest BCUT2D eigenvalue weighted by atomic mass is 10.0. The minimum absolute atomic E-state index is 0.0289. The molecule has 2 amide bonds. The molecule has 1 N–H and O–H groups in total. The first-order chi connectivity index (χ1) is 16.3. The molecule has 0 saturated heterocycles. The smallest absolute Gasteiger partial charge is 0.243 e. The number of rotatable bonds is 10. The second-order valence-corrected chi connectivity index (χ2v) is 9.30. The van der Waals surface area contributed by atoms with Crippen LogP contribution in [0.4, 0.5) is 0 Å². The summed E-state index contributed by atoms with van der Waals surface area (Å²) in [6.07, 6.45) is 2.09. The lowest BCUT2D eigenvalue weighted by Gasteiger charge is -2.31. The zero-order valence-electron chi connectivity index (χ0n) is 19.9. The minimum Gasteiger partial charge on any atom is -0.486 e. The summed E-state index contributed by atoms with van der Waals surface area (Å²) in [6, 6.07) is 10.4. The van der Waals surface area contributed by atoms with Gasteiger partial charge in [0, 0.05) is 19.0 Å².